The number of rotatable bonds is 6. The standard InChI is InChI=1S/C26H31N3O3S/c1-4-20-23(25(31)32-3)24(18-7-5-6-15(2)10-18)29-19(14-33-26(29)28-20)13-22(30)27-21-12-16-8-9-17(21)11-16/h5-7,10,14,16-17,21,24H,4,8-9,11-13H2,1-3H3,(H,27,30)/t16-,17-,21-,24-/m0/s1. The topological polar surface area (TPSA) is 71.0 Å². The van der Waals surface area contributed by atoms with E-state index in [9.17, 15) is 9.59 Å². The summed E-state index contributed by atoms with van der Waals surface area (Å²) in [4.78, 5) is 32.9. The number of carbonyl (C=O) groups excluding carboxylic acids is 2. The van der Waals surface area contributed by atoms with E-state index in [1.165, 1.54) is 38.1 Å². The maximum Gasteiger partial charge on any atom is 0.338 e. The second-order valence-corrected chi connectivity index (χ2v) is 10.4. The van der Waals surface area contributed by atoms with Gasteiger partial charge in [0.15, 0.2) is 5.17 Å². The number of carbonyl (C=O) groups is 2. The van der Waals surface area contributed by atoms with Crippen LogP contribution in [-0.2, 0) is 14.3 Å². The molecule has 1 N–H and O–H groups in total. The first-order valence-electron chi connectivity index (χ1n) is 11.9. The summed E-state index contributed by atoms with van der Waals surface area (Å²) in [7, 11) is 1.41. The monoisotopic (exact) mass is 465 g/mol. The zero-order chi connectivity index (χ0) is 23.1. The first-order chi connectivity index (χ1) is 16.0. The molecule has 1 aromatic carbocycles. The minimum absolute atomic E-state index is 0.0496. The number of thioether (sulfide) groups is 1. The lowest BCUT2D eigenvalue weighted by Gasteiger charge is -2.36. The average Bonchev–Trinajstić information content (AvgIpc) is 3.53. The molecule has 2 aliphatic heterocycles. The number of esters is 1. The van der Waals surface area contributed by atoms with E-state index in [0.29, 0.717) is 24.0 Å². The number of amidine groups is 1. The van der Waals surface area contributed by atoms with Gasteiger partial charge in [0.05, 0.1) is 30.8 Å². The number of hydrogen-bond donors (Lipinski definition) is 1. The van der Waals surface area contributed by atoms with Crippen LogP contribution in [0.4, 0.5) is 0 Å². The van der Waals surface area contributed by atoms with Crippen molar-refractivity contribution < 1.29 is 14.3 Å². The van der Waals surface area contributed by atoms with Crippen LogP contribution in [0.25, 0.3) is 0 Å². The molecule has 33 heavy (non-hydrogen) atoms. The third-order valence-corrected chi connectivity index (χ3v) is 8.30. The minimum atomic E-state index is -0.371. The van der Waals surface area contributed by atoms with E-state index in [1.54, 1.807) is 0 Å². The van der Waals surface area contributed by atoms with Gasteiger partial charge in [0.1, 0.15) is 0 Å². The molecule has 2 bridgehead atoms. The summed E-state index contributed by atoms with van der Waals surface area (Å²) in [6.07, 6.45) is 5.83. The van der Waals surface area contributed by atoms with Crippen LogP contribution in [-0.4, -0.2) is 35.1 Å². The number of aryl methyl sites for hydroxylation is 1. The van der Waals surface area contributed by atoms with Crippen LogP contribution in [0.1, 0.15) is 62.6 Å². The Bertz CT molecular complexity index is 1080. The van der Waals surface area contributed by atoms with Gasteiger partial charge in [-0.05, 0) is 55.4 Å². The molecule has 0 spiro atoms. The molecule has 6 nitrogen and oxygen atoms in total. The van der Waals surface area contributed by atoms with Crippen molar-refractivity contribution in [2.24, 2.45) is 16.8 Å². The summed E-state index contributed by atoms with van der Waals surface area (Å²) in [5.74, 6) is 1.10. The third kappa shape index (κ3) is 4.12. The fraction of sp³-hybridized carbons (Fsp3) is 0.500. The highest BCUT2D eigenvalue weighted by molar-refractivity contribution is 8.16. The van der Waals surface area contributed by atoms with Crippen LogP contribution < -0.4 is 5.32 Å². The number of nitrogens with zero attached hydrogens (tertiary/aromatic N) is 2. The molecule has 7 heteroatoms. The van der Waals surface area contributed by atoms with E-state index in [1.807, 2.05) is 37.5 Å². The number of hydrogen-bond acceptors (Lipinski definition) is 6. The highest BCUT2D eigenvalue weighted by Crippen LogP contribution is 2.46. The molecule has 2 heterocycles. The number of methoxy groups -OCH3 is 1. The largest absolute Gasteiger partial charge is 0.466 e. The van der Waals surface area contributed by atoms with Gasteiger partial charge in [0.2, 0.25) is 5.91 Å². The number of benzene rings is 1. The molecule has 0 saturated heterocycles. The Kier molecular flexibility index (Phi) is 6.08. The quantitative estimate of drug-likeness (QED) is 0.610. The van der Waals surface area contributed by atoms with Crippen LogP contribution in [0.5, 0.6) is 0 Å². The first kappa shape index (κ1) is 22.3. The lowest BCUT2D eigenvalue weighted by molar-refractivity contribution is -0.136. The number of amides is 1. The SMILES string of the molecule is CCC1=C(C(=O)OC)[C@H](c2cccc(C)c2)N2C(CC(=O)N[C@H]3C[C@H]4CC[C@H]3C4)=CSC2=N1. The zero-order valence-corrected chi connectivity index (χ0v) is 20.3. The van der Waals surface area contributed by atoms with E-state index in [0.717, 1.165) is 40.0 Å². The first-order valence-corrected chi connectivity index (χ1v) is 12.8. The van der Waals surface area contributed by atoms with Crippen molar-refractivity contribution in [3.05, 3.63) is 57.8 Å². The molecule has 5 rings (SSSR count). The Hall–Kier alpha value is -2.54. The van der Waals surface area contributed by atoms with Gasteiger partial charge >= 0.3 is 5.97 Å². The molecule has 174 valence electrons. The number of aliphatic imine (C=N–C) groups is 1. The molecular formula is C26H31N3O3S. The summed E-state index contributed by atoms with van der Waals surface area (Å²) in [6.45, 7) is 4.05. The fourth-order valence-corrected chi connectivity index (χ4v) is 6.85. The maximum atomic E-state index is 13.1. The van der Waals surface area contributed by atoms with Crippen LogP contribution >= 0.6 is 11.8 Å². The molecular weight excluding hydrogens is 434 g/mol. The molecule has 4 aliphatic rings. The minimum Gasteiger partial charge on any atom is -0.466 e. The predicted molar refractivity (Wildman–Crippen MR) is 130 cm³/mol. The second kappa shape index (κ2) is 9.01. The van der Waals surface area contributed by atoms with Crippen molar-refractivity contribution in [1.82, 2.24) is 10.2 Å². The molecule has 1 aromatic rings. The Morgan fingerprint density at radius 1 is 1.27 bits per heavy atom. The summed E-state index contributed by atoms with van der Waals surface area (Å²) < 4.78 is 5.19. The van der Waals surface area contributed by atoms with Crippen molar-refractivity contribution in [3.8, 4) is 0 Å². The molecule has 2 saturated carbocycles. The maximum absolute atomic E-state index is 13.1. The van der Waals surface area contributed by atoms with E-state index < -0.39 is 0 Å². The van der Waals surface area contributed by atoms with Gasteiger partial charge in [-0.15, -0.1) is 0 Å². The second-order valence-electron chi connectivity index (χ2n) is 9.54. The fourth-order valence-electron chi connectivity index (χ4n) is 5.91. The van der Waals surface area contributed by atoms with Crippen molar-refractivity contribution >= 4 is 28.8 Å². The van der Waals surface area contributed by atoms with E-state index in [4.69, 9.17) is 9.73 Å². The summed E-state index contributed by atoms with van der Waals surface area (Å²) in [5.41, 5.74) is 4.29. The summed E-state index contributed by atoms with van der Waals surface area (Å²) in [6, 6.07) is 8.13. The molecule has 0 unspecified atom stereocenters. The number of fused-ring (bicyclic) bond motifs is 3. The average molecular weight is 466 g/mol. The smallest absolute Gasteiger partial charge is 0.338 e. The van der Waals surface area contributed by atoms with Crippen molar-refractivity contribution in [2.75, 3.05) is 7.11 Å². The van der Waals surface area contributed by atoms with Crippen LogP contribution in [0.2, 0.25) is 0 Å². The Morgan fingerprint density at radius 3 is 2.79 bits per heavy atom. The van der Waals surface area contributed by atoms with E-state index >= 15 is 0 Å². The normalized spacial score (nSPS) is 27.9. The van der Waals surface area contributed by atoms with Gasteiger partial charge in [0.25, 0.3) is 0 Å². The molecule has 1 amide bonds. The Labute approximate surface area is 199 Å². The number of ether oxygens (including phenoxy) is 1. The summed E-state index contributed by atoms with van der Waals surface area (Å²) >= 11 is 1.52. The van der Waals surface area contributed by atoms with E-state index in [-0.39, 0.29) is 24.3 Å². The van der Waals surface area contributed by atoms with Crippen molar-refractivity contribution in [1.29, 1.82) is 0 Å². The molecule has 4 atom stereocenters. The highest BCUT2D eigenvalue weighted by atomic mass is 32.2. The molecule has 2 fully saturated rings. The van der Waals surface area contributed by atoms with Crippen LogP contribution in [0.3, 0.4) is 0 Å². The number of allylic oxidation sites excluding steroid dienone is 1. The van der Waals surface area contributed by atoms with Gasteiger partial charge < -0.3 is 15.0 Å². The van der Waals surface area contributed by atoms with Crippen molar-refractivity contribution in [3.63, 3.8) is 0 Å². The van der Waals surface area contributed by atoms with Crippen molar-refractivity contribution in [2.45, 2.75) is 64.5 Å². The Balaban J connectivity index is 1.44. The highest BCUT2D eigenvalue weighted by Gasteiger charge is 2.43. The number of nitrogens with one attached hydrogen (secondary N) is 1. The zero-order valence-electron chi connectivity index (χ0n) is 19.5. The van der Waals surface area contributed by atoms with Gasteiger partial charge in [-0.25, -0.2) is 9.79 Å². The molecule has 0 aromatic heterocycles. The van der Waals surface area contributed by atoms with Gasteiger partial charge in [-0.1, -0.05) is 54.9 Å². The van der Waals surface area contributed by atoms with Crippen LogP contribution in [0, 0.1) is 18.8 Å². The van der Waals surface area contributed by atoms with Gasteiger partial charge in [0, 0.05) is 11.7 Å². The van der Waals surface area contributed by atoms with Gasteiger partial charge in [-0.3, -0.25) is 4.79 Å². The lowest BCUT2D eigenvalue weighted by atomic mass is 9.92. The molecule has 2 aliphatic carbocycles. The van der Waals surface area contributed by atoms with Gasteiger partial charge in [-0.2, -0.15) is 0 Å². The van der Waals surface area contributed by atoms with E-state index in [2.05, 4.69) is 16.3 Å². The van der Waals surface area contributed by atoms with Crippen LogP contribution in [0.15, 0.2) is 51.6 Å². The summed E-state index contributed by atoms with van der Waals surface area (Å²) in [5, 5.41) is 6.13. The Morgan fingerprint density at radius 2 is 2.12 bits per heavy atom. The lowest BCUT2D eigenvalue weighted by Crippen LogP contribution is -2.41. The predicted octanol–water partition coefficient (Wildman–Crippen LogP) is 4.83. The molecule has 0 radical (unpaired) electrons. The third-order valence-electron chi connectivity index (χ3n) is 7.41.